The standard InChI is InChI=1S/C27H32FN3O6/c1-16(2)24-25(26(36)29-14-18-7-5-4-6-17(18)3)30-31(20-10-8-19(28)9-11-20)27(24)37-15-22(33)12-21(32)13-23(34)35/h4-11,16,21-22,32-33H,12-15H2,1-3H3,(H,29,36)(H,34,35)/t21-,22-/m1/s1. The lowest BCUT2D eigenvalue weighted by molar-refractivity contribution is -0.139. The van der Waals surface area contributed by atoms with Crippen LogP contribution in [0.2, 0.25) is 0 Å². The maximum absolute atomic E-state index is 13.6. The van der Waals surface area contributed by atoms with Gasteiger partial charge in [0, 0.05) is 18.5 Å². The molecular weight excluding hydrogens is 481 g/mol. The maximum Gasteiger partial charge on any atom is 0.305 e. The molecule has 1 heterocycles. The SMILES string of the molecule is Cc1ccccc1CNC(=O)c1nn(-c2ccc(F)cc2)c(OC[C@H](O)C[C@@H](O)CC(=O)O)c1C(C)C. The highest BCUT2D eigenvalue weighted by atomic mass is 19.1. The molecule has 3 aromatic rings. The van der Waals surface area contributed by atoms with Gasteiger partial charge in [0.15, 0.2) is 5.69 Å². The second kappa shape index (κ2) is 12.5. The molecule has 0 fully saturated rings. The van der Waals surface area contributed by atoms with Crippen LogP contribution >= 0.6 is 0 Å². The van der Waals surface area contributed by atoms with Crippen molar-refractivity contribution in [3.05, 3.63) is 76.7 Å². The second-order valence-electron chi connectivity index (χ2n) is 9.17. The maximum atomic E-state index is 13.6. The van der Waals surface area contributed by atoms with Crippen molar-refractivity contribution in [1.82, 2.24) is 15.1 Å². The summed E-state index contributed by atoms with van der Waals surface area (Å²) in [5, 5.41) is 36.4. The van der Waals surface area contributed by atoms with Crippen molar-refractivity contribution in [3.63, 3.8) is 0 Å². The normalized spacial score (nSPS) is 12.8. The van der Waals surface area contributed by atoms with Crippen LogP contribution in [0.1, 0.15) is 59.8 Å². The van der Waals surface area contributed by atoms with Crippen LogP contribution in [0.15, 0.2) is 48.5 Å². The van der Waals surface area contributed by atoms with E-state index in [1.54, 1.807) is 0 Å². The van der Waals surface area contributed by atoms with Crippen molar-refractivity contribution in [2.75, 3.05) is 6.61 Å². The van der Waals surface area contributed by atoms with Gasteiger partial charge < -0.3 is 25.4 Å². The first kappa shape index (κ1) is 27.8. The fraction of sp³-hybridized carbons (Fsp3) is 0.370. The van der Waals surface area contributed by atoms with Crippen molar-refractivity contribution in [3.8, 4) is 11.6 Å². The van der Waals surface area contributed by atoms with Gasteiger partial charge >= 0.3 is 5.97 Å². The molecule has 9 nitrogen and oxygen atoms in total. The third kappa shape index (κ3) is 7.37. The number of carboxylic acid groups (broad SMARTS) is 1. The highest BCUT2D eigenvalue weighted by Crippen LogP contribution is 2.33. The number of aliphatic carboxylic acids is 1. The van der Waals surface area contributed by atoms with Crippen LogP contribution < -0.4 is 10.1 Å². The number of carbonyl (C=O) groups is 2. The summed E-state index contributed by atoms with van der Waals surface area (Å²) in [4.78, 5) is 24.0. The minimum atomic E-state index is -1.24. The minimum absolute atomic E-state index is 0.128. The predicted octanol–water partition coefficient (Wildman–Crippen LogP) is 3.34. The first-order chi connectivity index (χ1) is 17.6. The summed E-state index contributed by atoms with van der Waals surface area (Å²) < 4.78 is 20.9. The molecule has 1 amide bonds. The smallest absolute Gasteiger partial charge is 0.305 e. The lowest BCUT2D eigenvalue weighted by Gasteiger charge is -2.17. The third-order valence-corrected chi connectivity index (χ3v) is 5.81. The Bertz CT molecular complexity index is 1230. The van der Waals surface area contributed by atoms with E-state index in [9.17, 15) is 24.2 Å². The Kier molecular flexibility index (Phi) is 9.37. The van der Waals surface area contributed by atoms with Crippen LogP contribution in [0.25, 0.3) is 5.69 Å². The summed E-state index contributed by atoms with van der Waals surface area (Å²) in [6.45, 7) is 5.69. The molecule has 4 N–H and O–H groups in total. The Morgan fingerprint density at radius 1 is 1.08 bits per heavy atom. The molecule has 0 aliphatic carbocycles. The second-order valence-corrected chi connectivity index (χ2v) is 9.17. The van der Waals surface area contributed by atoms with Gasteiger partial charge in [0.2, 0.25) is 5.88 Å². The number of nitrogens with one attached hydrogen (secondary N) is 1. The first-order valence-electron chi connectivity index (χ1n) is 12.0. The monoisotopic (exact) mass is 513 g/mol. The summed E-state index contributed by atoms with van der Waals surface area (Å²) in [6.07, 6.45) is -3.14. The number of nitrogens with zero attached hydrogens (tertiary/aromatic N) is 2. The zero-order chi connectivity index (χ0) is 27.1. The van der Waals surface area contributed by atoms with Gasteiger partial charge in [0.1, 0.15) is 12.4 Å². The number of benzene rings is 2. The van der Waals surface area contributed by atoms with E-state index in [-0.39, 0.29) is 30.5 Å². The number of rotatable bonds is 12. The molecule has 2 aromatic carbocycles. The number of hydrogen-bond donors (Lipinski definition) is 4. The molecule has 0 bridgehead atoms. The van der Waals surface area contributed by atoms with Crippen LogP contribution in [0.4, 0.5) is 4.39 Å². The summed E-state index contributed by atoms with van der Waals surface area (Å²) in [7, 11) is 0. The van der Waals surface area contributed by atoms with E-state index in [4.69, 9.17) is 9.84 Å². The number of aliphatic hydroxyl groups is 2. The Morgan fingerprint density at radius 3 is 2.38 bits per heavy atom. The number of carbonyl (C=O) groups excluding carboxylic acids is 1. The molecule has 0 saturated carbocycles. The van der Waals surface area contributed by atoms with Gasteiger partial charge in [-0.15, -0.1) is 0 Å². The van der Waals surface area contributed by atoms with E-state index in [0.29, 0.717) is 17.8 Å². The van der Waals surface area contributed by atoms with Gasteiger partial charge in [-0.05, 0) is 48.2 Å². The molecule has 0 aliphatic rings. The summed E-state index contributed by atoms with van der Waals surface area (Å²) in [5.74, 6) is -2.07. The van der Waals surface area contributed by atoms with Crippen LogP contribution in [0.3, 0.4) is 0 Å². The number of amides is 1. The third-order valence-electron chi connectivity index (χ3n) is 5.81. The molecule has 0 aliphatic heterocycles. The largest absolute Gasteiger partial charge is 0.481 e. The van der Waals surface area contributed by atoms with Gasteiger partial charge in [-0.1, -0.05) is 38.1 Å². The van der Waals surface area contributed by atoms with Crippen LogP contribution in [0, 0.1) is 12.7 Å². The summed E-state index contributed by atoms with van der Waals surface area (Å²) >= 11 is 0. The number of aliphatic hydroxyl groups excluding tert-OH is 2. The van der Waals surface area contributed by atoms with Gasteiger partial charge in [-0.3, -0.25) is 9.59 Å². The fourth-order valence-electron chi connectivity index (χ4n) is 3.91. The average Bonchev–Trinajstić information content (AvgIpc) is 3.22. The topological polar surface area (TPSA) is 134 Å². The predicted molar refractivity (Wildman–Crippen MR) is 134 cm³/mol. The number of halogens is 1. The van der Waals surface area contributed by atoms with Gasteiger partial charge in [-0.25, -0.2) is 9.07 Å². The number of carboxylic acids is 1. The molecule has 198 valence electrons. The first-order valence-corrected chi connectivity index (χ1v) is 12.0. The molecule has 37 heavy (non-hydrogen) atoms. The Hall–Kier alpha value is -3.76. The van der Waals surface area contributed by atoms with Crippen molar-refractivity contribution < 1.29 is 34.0 Å². The summed E-state index contributed by atoms with van der Waals surface area (Å²) in [5.41, 5.74) is 3.05. The number of aromatic nitrogens is 2. The van der Waals surface area contributed by atoms with E-state index >= 15 is 0 Å². The number of hydrogen-bond acceptors (Lipinski definition) is 6. The van der Waals surface area contributed by atoms with Gasteiger partial charge in [0.25, 0.3) is 5.91 Å². The molecule has 1 aromatic heterocycles. The number of ether oxygens (including phenoxy) is 1. The zero-order valence-electron chi connectivity index (χ0n) is 21.0. The molecule has 0 radical (unpaired) electrons. The van der Waals surface area contributed by atoms with Crippen molar-refractivity contribution in [2.45, 2.75) is 58.3 Å². The molecule has 0 saturated heterocycles. The van der Waals surface area contributed by atoms with Crippen LogP contribution in [-0.2, 0) is 11.3 Å². The molecular formula is C27H32FN3O6. The van der Waals surface area contributed by atoms with Crippen LogP contribution in [0.5, 0.6) is 5.88 Å². The molecule has 3 rings (SSSR count). The van der Waals surface area contributed by atoms with Crippen molar-refractivity contribution in [2.24, 2.45) is 0 Å². The Morgan fingerprint density at radius 2 is 1.76 bits per heavy atom. The van der Waals surface area contributed by atoms with Gasteiger partial charge in [-0.2, -0.15) is 5.10 Å². The van der Waals surface area contributed by atoms with Crippen molar-refractivity contribution >= 4 is 11.9 Å². The van der Waals surface area contributed by atoms with Gasteiger partial charge in [0.05, 0.1) is 24.3 Å². The zero-order valence-corrected chi connectivity index (χ0v) is 21.0. The van der Waals surface area contributed by atoms with E-state index in [1.165, 1.54) is 28.9 Å². The molecule has 2 atom stereocenters. The average molecular weight is 514 g/mol. The Balaban J connectivity index is 1.91. The fourth-order valence-corrected chi connectivity index (χ4v) is 3.91. The number of aryl methyl sites for hydroxylation is 1. The van der Waals surface area contributed by atoms with Crippen LogP contribution in [-0.4, -0.2) is 55.8 Å². The molecule has 0 unspecified atom stereocenters. The van der Waals surface area contributed by atoms with E-state index in [0.717, 1.165) is 11.1 Å². The van der Waals surface area contributed by atoms with E-state index in [2.05, 4.69) is 10.4 Å². The lowest BCUT2D eigenvalue weighted by Crippen LogP contribution is -2.26. The minimum Gasteiger partial charge on any atom is -0.481 e. The Labute approximate surface area is 214 Å². The van der Waals surface area contributed by atoms with E-state index in [1.807, 2.05) is 45.0 Å². The lowest BCUT2D eigenvalue weighted by atomic mass is 10.0. The highest BCUT2D eigenvalue weighted by molar-refractivity contribution is 5.94. The summed E-state index contributed by atoms with van der Waals surface area (Å²) in [6, 6.07) is 13.2. The van der Waals surface area contributed by atoms with Crippen molar-refractivity contribution in [1.29, 1.82) is 0 Å². The molecule has 0 spiro atoms. The molecule has 10 heteroatoms. The van der Waals surface area contributed by atoms with E-state index < -0.39 is 36.3 Å². The quantitative estimate of drug-likeness (QED) is 0.292. The highest BCUT2D eigenvalue weighted by Gasteiger charge is 2.28.